The second-order valence-corrected chi connectivity index (χ2v) is 5.86. The van der Waals surface area contributed by atoms with Gasteiger partial charge in [0.15, 0.2) is 0 Å². The summed E-state index contributed by atoms with van der Waals surface area (Å²) in [6, 6.07) is 3.28. The van der Waals surface area contributed by atoms with Crippen LogP contribution >= 0.6 is 0 Å². The van der Waals surface area contributed by atoms with E-state index in [4.69, 9.17) is 0 Å². The number of hydrogen-bond acceptors (Lipinski definition) is 2. The molecule has 21 heavy (non-hydrogen) atoms. The first kappa shape index (κ1) is 14.6. The van der Waals surface area contributed by atoms with Gasteiger partial charge in [-0.05, 0) is 49.9 Å². The van der Waals surface area contributed by atoms with Gasteiger partial charge in [-0.25, -0.2) is 4.39 Å². The number of nitrogens with one attached hydrogen (secondary N) is 1. The van der Waals surface area contributed by atoms with Gasteiger partial charge in [0.05, 0.1) is 11.3 Å². The molecule has 0 aromatic heterocycles. The topological polar surface area (TPSA) is 15.3 Å². The molecule has 1 aromatic carbocycles. The lowest BCUT2D eigenvalue weighted by Gasteiger charge is -2.42. The van der Waals surface area contributed by atoms with Gasteiger partial charge in [-0.3, -0.25) is 0 Å². The Morgan fingerprint density at radius 1 is 1.19 bits per heavy atom. The smallest absolute Gasteiger partial charge is 0.369 e. The van der Waals surface area contributed by atoms with Gasteiger partial charge in [-0.2, -0.15) is 13.2 Å². The van der Waals surface area contributed by atoms with Gasteiger partial charge < -0.3 is 10.2 Å². The number of anilines is 1. The number of hydrogen-bond donors (Lipinski definition) is 1. The summed E-state index contributed by atoms with van der Waals surface area (Å²) in [7, 11) is 0. The molecule has 1 N–H and O–H groups in total. The zero-order valence-corrected chi connectivity index (χ0v) is 11.6. The molecule has 0 spiro atoms. The first-order chi connectivity index (χ1) is 9.95. The summed E-state index contributed by atoms with van der Waals surface area (Å²) in [6.45, 7) is 2.41. The molecule has 0 saturated carbocycles. The van der Waals surface area contributed by atoms with Gasteiger partial charge in [0.2, 0.25) is 0 Å². The first-order valence-corrected chi connectivity index (χ1v) is 7.30. The van der Waals surface area contributed by atoms with Crippen molar-refractivity contribution in [2.75, 3.05) is 24.5 Å². The van der Waals surface area contributed by atoms with Gasteiger partial charge in [-0.1, -0.05) is 0 Å². The number of alkyl halides is 3. The number of nitrogens with zero attached hydrogens (tertiary/aromatic N) is 1. The highest BCUT2D eigenvalue weighted by Crippen LogP contribution is 2.34. The standard InChI is InChI=1S/C15H18F4N2/c16-12-8-11(15(17,18)19)3-4-14(12)21-7-5-13-10(9-21)2-1-6-20-13/h3-4,8,10,13,20H,1-2,5-7,9H2. The summed E-state index contributed by atoms with van der Waals surface area (Å²) in [4.78, 5) is 1.88. The van der Waals surface area contributed by atoms with Crippen molar-refractivity contribution in [2.45, 2.75) is 31.5 Å². The largest absolute Gasteiger partial charge is 0.416 e. The zero-order valence-electron chi connectivity index (χ0n) is 11.6. The summed E-state index contributed by atoms with van der Waals surface area (Å²) < 4.78 is 51.8. The van der Waals surface area contributed by atoms with E-state index >= 15 is 0 Å². The predicted octanol–water partition coefficient (Wildman–Crippen LogP) is 3.42. The van der Waals surface area contributed by atoms with Crippen LogP contribution in [0.5, 0.6) is 0 Å². The number of benzene rings is 1. The quantitative estimate of drug-likeness (QED) is 0.800. The Morgan fingerprint density at radius 2 is 2.00 bits per heavy atom. The van der Waals surface area contributed by atoms with E-state index in [0.717, 1.165) is 31.9 Å². The molecular formula is C15H18F4N2. The summed E-state index contributed by atoms with van der Waals surface area (Å²) >= 11 is 0. The van der Waals surface area contributed by atoms with Crippen molar-refractivity contribution in [1.82, 2.24) is 5.32 Å². The SMILES string of the molecule is Fc1cc(C(F)(F)F)ccc1N1CCC2NCCCC2C1. The van der Waals surface area contributed by atoms with Crippen LogP contribution in [0.15, 0.2) is 18.2 Å². The Kier molecular flexibility index (Phi) is 3.82. The van der Waals surface area contributed by atoms with Gasteiger partial charge in [-0.15, -0.1) is 0 Å². The van der Waals surface area contributed by atoms with Crippen LogP contribution in [0.3, 0.4) is 0 Å². The second-order valence-electron chi connectivity index (χ2n) is 5.86. The van der Waals surface area contributed by atoms with Crippen LogP contribution in [-0.2, 0) is 6.18 Å². The van der Waals surface area contributed by atoms with E-state index in [1.54, 1.807) is 0 Å². The van der Waals surface area contributed by atoms with Crippen molar-refractivity contribution in [3.63, 3.8) is 0 Å². The monoisotopic (exact) mass is 302 g/mol. The van der Waals surface area contributed by atoms with Crippen LogP contribution in [0.4, 0.5) is 23.2 Å². The fourth-order valence-corrected chi connectivity index (χ4v) is 3.40. The summed E-state index contributed by atoms with van der Waals surface area (Å²) in [5, 5.41) is 3.47. The third kappa shape index (κ3) is 3.00. The van der Waals surface area contributed by atoms with E-state index in [1.807, 2.05) is 4.90 Å². The van der Waals surface area contributed by atoms with E-state index < -0.39 is 17.6 Å². The van der Waals surface area contributed by atoms with E-state index in [2.05, 4.69) is 5.32 Å². The molecule has 2 nitrogen and oxygen atoms in total. The molecule has 3 rings (SSSR count). The van der Waals surface area contributed by atoms with Gasteiger partial charge in [0, 0.05) is 19.1 Å². The molecule has 2 aliphatic rings. The summed E-state index contributed by atoms with van der Waals surface area (Å²) in [5.41, 5.74) is -0.648. The molecule has 1 aromatic rings. The van der Waals surface area contributed by atoms with E-state index in [1.165, 1.54) is 6.07 Å². The third-order valence-corrected chi connectivity index (χ3v) is 4.51. The fourth-order valence-electron chi connectivity index (χ4n) is 3.40. The minimum absolute atomic E-state index is 0.284. The third-order valence-electron chi connectivity index (χ3n) is 4.51. The lowest BCUT2D eigenvalue weighted by Crippen LogP contribution is -2.52. The predicted molar refractivity (Wildman–Crippen MR) is 72.7 cm³/mol. The summed E-state index contributed by atoms with van der Waals surface area (Å²) in [6.07, 6.45) is -1.40. The normalized spacial score (nSPS) is 26.6. The minimum Gasteiger partial charge on any atom is -0.369 e. The Bertz CT molecular complexity index is 515. The van der Waals surface area contributed by atoms with E-state index in [-0.39, 0.29) is 5.69 Å². The Labute approximate surface area is 121 Å². The molecule has 2 aliphatic heterocycles. The Balaban J connectivity index is 1.78. The molecule has 2 saturated heterocycles. The molecule has 2 unspecified atom stereocenters. The molecule has 0 aliphatic carbocycles. The van der Waals surface area contributed by atoms with E-state index in [9.17, 15) is 17.6 Å². The lowest BCUT2D eigenvalue weighted by atomic mass is 9.85. The van der Waals surface area contributed by atoms with Crippen molar-refractivity contribution in [3.8, 4) is 0 Å². The van der Waals surface area contributed by atoms with Crippen LogP contribution in [0, 0.1) is 11.7 Å². The number of fused-ring (bicyclic) bond motifs is 1. The van der Waals surface area contributed by atoms with Gasteiger partial charge in [0.1, 0.15) is 5.82 Å². The highest BCUT2D eigenvalue weighted by atomic mass is 19.4. The second kappa shape index (κ2) is 5.48. The maximum atomic E-state index is 14.0. The minimum atomic E-state index is -4.50. The van der Waals surface area contributed by atoms with E-state index in [0.29, 0.717) is 31.1 Å². The highest BCUT2D eigenvalue weighted by molar-refractivity contribution is 5.50. The fraction of sp³-hybridized carbons (Fsp3) is 0.600. The molecule has 6 heteroatoms. The molecular weight excluding hydrogens is 284 g/mol. The molecule has 116 valence electrons. The van der Waals surface area contributed by atoms with Crippen LogP contribution in [-0.4, -0.2) is 25.7 Å². The molecule has 0 bridgehead atoms. The average Bonchev–Trinajstić information content (AvgIpc) is 2.45. The van der Waals surface area contributed by atoms with Gasteiger partial charge >= 0.3 is 6.18 Å². The lowest BCUT2D eigenvalue weighted by molar-refractivity contribution is -0.137. The molecule has 0 amide bonds. The Morgan fingerprint density at radius 3 is 2.71 bits per heavy atom. The summed E-state index contributed by atoms with van der Waals surface area (Å²) in [5.74, 6) is -0.332. The maximum Gasteiger partial charge on any atom is 0.416 e. The number of piperidine rings is 2. The van der Waals surface area contributed by atoms with Crippen LogP contribution in [0.1, 0.15) is 24.8 Å². The van der Waals surface area contributed by atoms with Crippen LogP contribution < -0.4 is 10.2 Å². The van der Waals surface area contributed by atoms with Crippen molar-refractivity contribution in [3.05, 3.63) is 29.6 Å². The number of rotatable bonds is 1. The highest BCUT2D eigenvalue weighted by Gasteiger charge is 2.34. The molecule has 2 fully saturated rings. The van der Waals surface area contributed by atoms with Crippen molar-refractivity contribution >= 4 is 5.69 Å². The van der Waals surface area contributed by atoms with Crippen LogP contribution in [0.25, 0.3) is 0 Å². The molecule has 0 radical (unpaired) electrons. The van der Waals surface area contributed by atoms with Crippen molar-refractivity contribution in [2.24, 2.45) is 5.92 Å². The van der Waals surface area contributed by atoms with Crippen molar-refractivity contribution < 1.29 is 17.6 Å². The zero-order chi connectivity index (χ0) is 15.0. The van der Waals surface area contributed by atoms with Gasteiger partial charge in [0.25, 0.3) is 0 Å². The molecule has 2 heterocycles. The first-order valence-electron chi connectivity index (χ1n) is 7.30. The molecule has 2 atom stereocenters. The van der Waals surface area contributed by atoms with Crippen LogP contribution in [0.2, 0.25) is 0 Å². The Hall–Kier alpha value is -1.30. The average molecular weight is 302 g/mol. The van der Waals surface area contributed by atoms with Crippen molar-refractivity contribution in [1.29, 1.82) is 0 Å². The number of halogens is 4. The maximum absolute atomic E-state index is 14.0.